The molecule has 1 N–H and O–H groups in total. The third-order valence-electron chi connectivity index (χ3n) is 4.31. The van der Waals surface area contributed by atoms with Gasteiger partial charge in [0.05, 0.1) is 24.5 Å². The summed E-state index contributed by atoms with van der Waals surface area (Å²) in [5.74, 6) is 0. The van der Waals surface area contributed by atoms with Crippen LogP contribution in [0.2, 0.25) is 0 Å². The summed E-state index contributed by atoms with van der Waals surface area (Å²) in [6.45, 7) is 4.28. The number of benzene rings is 1. The third kappa shape index (κ3) is 3.99. The van der Waals surface area contributed by atoms with Crippen LogP contribution in [-0.2, 0) is 20.0 Å². The molecule has 0 radical (unpaired) electrons. The number of hydrogen-bond donors (Lipinski definition) is 1. The van der Waals surface area contributed by atoms with Gasteiger partial charge in [0.2, 0.25) is 0 Å². The Labute approximate surface area is 133 Å². The Morgan fingerprint density at radius 2 is 1.82 bits per heavy atom. The highest BCUT2D eigenvalue weighted by Crippen LogP contribution is 2.60. The molecule has 1 aromatic rings. The monoisotopic (exact) mass is 326 g/mol. The van der Waals surface area contributed by atoms with Crippen LogP contribution in [0.4, 0.5) is 0 Å². The van der Waals surface area contributed by atoms with E-state index in [1.54, 1.807) is 0 Å². The molecule has 1 aromatic carbocycles. The van der Waals surface area contributed by atoms with E-state index in [-0.39, 0.29) is 0 Å². The Balaban J connectivity index is 2.27. The second-order valence-corrected chi connectivity index (χ2v) is 8.12. The van der Waals surface area contributed by atoms with E-state index in [1.165, 1.54) is 0 Å². The van der Waals surface area contributed by atoms with Crippen LogP contribution in [-0.4, -0.2) is 29.6 Å². The van der Waals surface area contributed by atoms with Gasteiger partial charge in [0.25, 0.3) is 0 Å². The van der Waals surface area contributed by atoms with Crippen LogP contribution in [0.3, 0.4) is 0 Å². The average molecular weight is 326 g/mol. The Morgan fingerprint density at radius 3 is 2.41 bits per heavy atom. The minimum atomic E-state index is -3.30. The van der Waals surface area contributed by atoms with Crippen LogP contribution in [0.25, 0.3) is 0 Å². The van der Waals surface area contributed by atoms with E-state index in [4.69, 9.17) is 9.05 Å². The van der Waals surface area contributed by atoms with Gasteiger partial charge in [-0.25, -0.2) is 0 Å². The second-order valence-electron chi connectivity index (χ2n) is 5.90. The fraction of sp³-hybridized carbons (Fsp3) is 0.647. The highest BCUT2D eigenvalue weighted by Gasteiger charge is 2.50. The molecule has 5 heteroatoms. The molecule has 0 unspecified atom stereocenters. The van der Waals surface area contributed by atoms with E-state index in [2.05, 4.69) is 0 Å². The molecule has 0 heterocycles. The van der Waals surface area contributed by atoms with Crippen molar-refractivity contribution in [2.45, 2.75) is 57.2 Å². The molecule has 0 saturated heterocycles. The van der Waals surface area contributed by atoms with Gasteiger partial charge in [-0.3, -0.25) is 4.57 Å². The summed E-state index contributed by atoms with van der Waals surface area (Å²) in [4.78, 5) is 0. The Bertz CT molecular complexity index is 495. The van der Waals surface area contributed by atoms with Gasteiger partial charge in [-0.2, -0.15) is 0 Å². The summed E-state index contributed by atoms with van der Waals surface area (Å²) in [7, 11) is -3.30. The first-order chi connectivity index (χ1) is 10.5. The number of hydrogen-bond acceptors (Lipinski definition) is 4. The average Bonchev–Trinajstić information content (AvgIpc) is 2.48. The van der Waals surface area contributed by atoms with Crippen LogP contribution in [0, 0.1) is 0 Å². The van der Waals surface area contributed by atoms with E-state index in [9.17, 15) is 9.67 Å². The van der Waals surface area contributed by atoms with Gasteiger partial charge in [-0.15, -0.1) is 0 Å². The van der Waals surface area contributed by atoms with Crippen molar-refractivity contribution in [3.05, 3.63) is 35.9 Å². The maximum Gasteiger partial charge on any atom is 0.336 e. The molecule has 1 saturated carbocycles. The molecule has 0 spiro atoms. The van der Waals surface area contributed by atoms with Crippen molar-refractivity contribution < 1.29 is 18.7 Å². The molecule has 0 amide bonds. The van der Waals surface area contributed by atoms with Gasteiger partial charge in [-0.1, -0.05) is 43.2 Å². The zero-order chi connectivity index (χ0) is 16.1. The molecule has 1 aliphatic rings. The zero-order valence-corrected chi connectivity index (χ0v) is 14.4. The van der Waals surface area contributed by atoms with E-state index in [0.717, 1.165) is 18.4 Å². The molecule has 1 fully saturated rings. The normalized spacial score (nSPS) is 26.0. The number of aliphatic hydroxyl groups is 1. The minimum absolute atomic E-state index is 0.329. The van der Waals surface area contributed by atoms with Gasteiger partial charge in [0.1, 0.15) is 0 Å². The molecular weight excluding hydrogens is 299 g/mol. The van der Waals surface area contributed by atoms with Crippen molar-refractivity contribution in [2.24, 2.45) is 0 Å². The minimum Gasteiger partial charge on any atom is -0.389 e. The molecule has 22 heavy (non-hydrogen) atoms. The largest absolute Gasteiger partial charge is 0.389 e. The third-order valence-corrected chi connectivity index (χ3v) is 7.05. The van der Waals surface area contributed by atoms with E-state index in [1.807, 2.05) is 44.2 Å². The summed E-state index contributed by atoms with van der Waals surface area (Å²) < 4.78 is 24.2. The Hall–Kier alpha value is -0.670. The lowest BCUT2D eigenvalue weighted by atomic mass is 9.80. The van der Waals surface area contributed by atoms with Crippen LogP contribution >= 0.6 is 7.60 Å². The molecule has 2 atom stereocenters. The maximum atomic E-state index is 13.2. The van der Waals surface area contributed by atoms with E-state index >= 15 is 0 Å². The predicted molar refractivity (Wildman–Crippen MR) is 88.2 cm³/mol. The van der Waals surface area contributed by atoms with Gasteiger partial charge in [0, 0.05) is 6.42 Å². The molecule has 2 rings (SSSR count). The predicted octanol–water partition coefficient (Wildman–Crippen LogP) is 4.17. The standard InChI is InChI=1S/C17H27O4P/c1-3-20-22(19,21-4-2)16-12-8-9-13-17(16,18)14-15-10-6-5-7-11-15/h5-7,10-11,16,18H,3-4,8-9,12-14H2,1-2H3/t16-,17-/m1/s1. The topological polar surface area (TPSA) is 55.8 Å². The van der Waals surface area contributed by atoms with Crippen molar-refractivity contribution in [1.29, 1.82) is 0 Å². The zero-order valence-electron chi connectivity index (χ0n) is 13.5. The molecule has 124 valence electrons. The van der Waals surface area contributed by atoms with Gasteiger partial charge in [-0.05, 0) is 32.3 Å². The highest BCUT2D eigenvalue weighted by molar-refractivity contribution is 7.54. The molecule has 4 nitrogen and oxygen atoms in total. The van der Waals surface area contributed by atoms with Crippen molar-refractivity contribution in [2.75, 3.05) is 13.2 Å². The summed E-state index contributed by atoms with van der Waals surface area (Å²) in [5.41, 5.74) is -0.426. The molecule has 0 bridgehead atoms. The number of rotatable bonds is 7. The summed E-state index contributed by atoms with van der Waals surface area (Å²) in [6, 6.07) is 9.87. The summed E-state index contributed by atoms with van der Waals surface area (Å²) in [5, 5.41) is 11.2. The second kappa shape index (κ2) is 7.74. The molecule has 0 aromatic heterocycles. The van der Waals surface area contributed by atoms with Crippen LogP contribution in [0.5, 0.6) is 0 Å². The van der Waals surface area contributed by atoms with Crippen molar-refractivity contribution >= 4 is 7.60 Å². The fourth-order valence-corrected chi connectivity index (χ4v) is 5.85. The van der Waals surface area contributed by atoms with Crippen molar-refractivity contribution in [3.63, 3.8) is 0 Å². The summed E-state index contributed by atoms with van der Waals surface area (Å²) in [6.07, 6.45) is 3.70. The van der Waals surface area contributed by atoms with E-state index < -0.39 is 18.9 Å². The van der Waals surface area contributed by atoms with Crippen LogP contribution in [0.1, 0.15) is 45.1 Å². The fourth-order valence-electron chi connectivity index (χ4n) is 3.39. The lowest BCUT2D eigenvalue weighted by Crippen LogP contribution is -2.47. The van der Waals surface area contributed by atoms with Crippen molar-refractivity contribution in [1.82, 2.24) is 0 Å². The molecular formula is C17H27O4P. The first-order valence-electron chi connectivity index (χ1n) is 8.19. The smallest absolute Gasteiger partial charge is 0.336 e. The van der Waals surface area contributed by atoms with Crippen LogP contribution in [0.15, 0.2) is 30.3 Å². The van der Waals surface area contributed by atoms with Gasteiger partial charge < -0.3 is 14.2 Å². The lowest BCUT2D eigenvalue weighted by Gasteiger charge is -2.42. The molecule has 0 aliphatic heterocycles. The van der Waals surface area contributed by atoms with Gasteiger partial charge in [0.15, 0.2) is 0 Å². The Morgan fingerprint density at radius 1 is 1.18 bits per heavy atom. The Kier molecular flexibility index (Phi) is 6.22. The maximum absolute atomic E-state index is 13.2. The highest BCUT2D eigenvalue weighted by atomic mass is 31.2. The first-order valence-corrected chi connectivity index (χ1v) is 9.80. The SMILES string of the molecule is CCOP(=O)(OCC)[C@@H]1CCCC[C@@]1(O)Cc1ccccc1. The lowest BCUT2D eigenvalue weighted by molar-refractivity contribution is -0.00209. The molecule has 1 aliphatic carbocycles. The van der Waals surface area contributed by atoms with E-state index in [0.29, 0.717) is 32.5 Å². The first kappa shape index (κ1) is 17.7. The van der Waals surface area contributed by atoms with Gasteiger partial charge >= 0.3 is 7.60 Å². The van der Waals surface area contributed by atoms with Crippen LogP contribution < -0.4 is 0 Å². The summed E-state index contributed by atoms with van der Waals surface area (Å²) >= 11 is 0. The quantitative estimate of drug-likeness (QED) is 0.764. The van der Waals surface area contributed by atoms with Crippen molar-refractivity contribution in [3.8, 4) is 0 Å².